The molecule has 22 heavy (non-hydrogen) atoms. The van der Waals surface area contributed by atoms with Crippen LogP contribution in [0.1, 0.15) is 22.8 Å². The molecule has 0 spiro atoms. The van der Waals surface area contributed by atoms with Gasteiger partial charge in [-0.2, -0.15) is 0 Å². The predicted molar refractivity (Wildman–Crippen MR) is 91.7 cm³/mol. The van der Waals surface area contributed by atoms with E-state index in [0.29, 0.717) is 12.2 Å². The number of allylic oxidation sites excluding steroid dienone is 1. The van der Waals surface area contributed by atoms with Gasteiger partial charge >= 0.3 is 0 Å². The van der Waals surface area contributed by atoms with Crippen LogP contribution in [0.3, 0.4) is 0 Å². The molecule has 0 aliphatic carbocycles. The van der Waals surface area contributed by atoms with Gasteiger partial charge in [0.1, 0.15) is 5.75 Å². The highest BCUT2D eigenvalue weighted by Gasteiger charge is 2.02. The van der Waals surface area contributed by atoms with Gasteiger partial charge in [-0.1, -0.05) is 18.2 Å². The van der Waals surface area contributed by atoms with Crippen LogP contribution >= 0.6 is 0 Å². The van der Waals surface area contributed by atoms with E-state index in [1.54, 1.807) is 6.08 Å². The van der Waals surface area contributed by atoms with Crippen LogP contribution in [-0.4, -0.2) is 26.5 Å². The first kappa shape index (κ1) is 15.8. The van der Waals surface area contributed by atoms with Crippen molar-refractivity contribution in [2.45, 2.75) is 6.92 Å². The lowest BCUT2D eigenvalue weighted by atomic mass is 10.1. The van der Waals surface area contributed by atoms with Crippen molar-refractivity contribution in [2.24, 2.45) is 0 Å². The Hall–Kier alpha value is -2.55. The maximum atomic E-state index is 12.2. The van der Waals surface area contributed by atoms with E-state index in [1.807, 2.05) is 80.5 Å². The fourth-order valence-electron chi connectivity index (χ4n) is 2.07. The molecule has 3 heteroatoms. The molecule has 0 radical (unpaired) electrons. The summed E-state index contributed by atoms with van der Waals surface area (Å²) in [5.74, 6) is 0.805. The highest BCUT2D eigenvalue weighted by atomic mass is 16.5. The average Bonchev–Trinajstić information content (AvgIpc) is 2.53. The summed E-state index contributed by atoms with van der Waals surface area (Å²) in [5.41, 5.74) is 2.71. The summed E-state index contributed by atoms with van der Waals surface area (Å²) in [5, 5.41) is 0. The van der Waals surface area contributed by atoms with Crippen LogP contribution in [0.25, 0.3) is 6.08 Å². The Morgan fingerprint density at radius 2 is 1.86 bits per heavy atom. The van der Waals surface area contributed by atoms with E-state index in [1.165, 1.54) is 0 Å². The molecule has 0 unspecified atom stereocenters. The minimum Gasteiger partial charge on any atom is -0.494 e. The zero-order valence-corrected chi connectivity index (χ0v) is 13.2. The van der Waals surface area contributed by atoms with Gasteiger partial charge in [0.2, 0.25) is 0 Å². The van der Waals surface area contributed by atoms with Crippen LogP contribution in [0.4, 0.5) is 5.69 Å². The van der Waals surface area contributed by atoms with Gasteiger partial charge in [-0.05, 0) is 55.0 Å². The lowest BCUT2D eigenvalue weighted by molar-refractivity contribution is 0.104. The molecule has 2 aromatic rings. The summed E-state index contributed by atoms with van der Waals surface area (Å²) in [6, 6.07) is 15.3. The summed E-state index contributed by atoms with van der Waals surface area (Å²) >= 11 is 0. The Bertz CT molecular complexity index is 657. The first-order valence-electron chi connectivity index (χ1n) is 7.33. The number of anilines is 1. The van der Waals surface area contributed by atoms with Crippen LogP contribution < -0.4 is 9.64 Å². The van der Waals surface area contributed by atoms with Crippen molar-refractivity contribution in [1.29, 1.82) is 0 Å². The molecule has 0 atom stereocenters. The third kappa shape index (κ3) is 4.22. The van der Waals surface area contributed by atoms with Gasteiger partial charge in [0.05, 0.1) is 6.61 Å². The quantitative estimate of drug-likeness (QED) is 0.595. The van der Waals surface area contributed by atoms with Crippen LogP contribution in [-0.2, 0) is 0 Å². The van der Waals surface area contributed by atoms with E-state index in [2.05, 4.69) is 0 Å². The number of carbonyl (C=O) groups excluding carboxylic acids is 1. The minimum atomic E-state index is -0.00730. The number of hydrogen-bond acceptors (Lipinski definition) is 3. The van der Waals surface area contributed by atoms with Gasteiger partial charge < -0.3 is 9.64 Å². The lowest BCUT2D eigenvalue weighted by Crippen LogP contribution is -2.08. The molecule has 0 amide bonds. The van der Waals surface area contributed by atoms with E-state index in [4.69, 9.17) is 4.74 Å². The summed E-state index contributed by atoms with van der Waals surface area (Å²) in [6.07, 6.45) is 3.40. The molecule has 0 aliphatic heterocycles. The number of ether oxygens (including phenoxy) is 1. The molecule has 0 saturated heterocycles. The highest BCUT2D eigenvalue weighted by molar-refractivity contribution is 6.07. The Labute approximate surface area is 131 Å². The molecule has 0 N–H and O–H groups in total. The first-order chi connectivity index (χ1) is 10.6. The number of hydrogen-bond donors (Lipinski definition) is 0. The van der Waals surface area contributed by atoms with Crippen molar-refractivity contribution in [3.8, 4) is 5.75 Å². The monoisotopic (exact) mass is 295 g/mol. The molecule has 0 saturated carbocycles. The lowest BCUT2D eigenvalue weighted by Gasteiger charge is -2.11. The van der Waals surface area contributed by atoms with E-state index < -0.39 is 0 Å². The van der Waals surface area contributed by atoms with Gasteiger partial charge in [0.15, 0.2) is 5.78 Å². The third-order valence-electron chi connectivity index (χ3n) is 3.26. The number of benzene rings is 2. The molecule has 3 nitrogen and oxygen atoms in total. The van der Waals surface area contributed by atoms with Gasteiger partial charge in [0, 0.05) is 25.3 Å². The van der Waals surface area contributed by atoms with Crippen molar-refractivity contribution in [3.05, 3.63) is 65.7 Å². The normalized spacial score (nSPS) is 10.7. The zero-order chi connectivity index (χ0) is 15.9. The third-order valence-corrected chi connectivity index (χ3v) is 3.26. The van der Waals surface area contributed by atoms with Crippen molar-refractivity contribution in [3.63, 3.8) is 0 Å². The second-order valence-electron chi connectivity index (χ2n) is 5.14. The van der Waals surface area contributed by atoms with Crippen molar-refractivity contribution in [1.82, 2.24) is 0 Å². The molecule has 2 rings (SSSR count). The van der Waals surface area contributed by atoms with Gasteiger partial charge in [-0.3, -0.25) is 4.79 Å². The first-order valence-corrected chi connectivity index (χ1v) is 7.33. The van der Waals surface area contributed by atoms with Crippen molar-refractivity contribution < 1.29 is 9.53 Å². The van der Waals surface area contributed by atoms with E-state index in [9.17, 15) is 4.79 Å². The Kier molecular flexibility index (Phi) is 5.37. The molecule has 0 heterocycles. The maximum Gasteiger partial charge on any atom is 0.185 e. The molecular formula is C19H21NO2. The van der Waals surface area contributed by atoms with Crippen molar-refractivity contribution >= 4 is 17.5 Å². The molecule has 114 valence electrons. The predicted octanol–water partition coefficient (Wildman–Crippen LogP) is 4.05. The largest absolute Gasteiger partial charge is 0.494 e. The minimum absolute atomic E-state index is 0.00730. The molecule has 0 bridgehead atoms. The van der Waals surface area contributed by atoms with Crippen molar-refractivity contribution in [2.75, 3.05) is 25.6 Å². The second kappa shape index (κ2) is 7.46. The second-order valence-corrected chi connectivity index (χ2v) is 5.14. The summed E-state index contributed by atoms with van der Waals surface area (Å²) in [4.78, 5) is 14.2. The molecule has 0 fully saturated rings. The summed E-state index contributed by atoms with van der Waals surface area (Å²) in [6.45, 7) is 2.58. The number of carbonyl (C=O) groups is 1. The van der Waals surface area contributed by atoms with Gasteiger partial charge in [0.25, 0.3) is 0 Å². The summed E-state index contributed by atoms with van der Waals surface area (Å²) < 4.78 is 5.45. The van der Waals surface area contributed by atoms with Crippen LogP contribution in [0, 0.1) is 0 Å². The standard InChI is InChI=1S/C19H21NO2/c1-4-22-18-7-5-6-15(14-18)8-13-19(21)16-9-11-17(12-10-16)20(2)3/h5-14H,4H2,1-3H3/b13-8+. The fourth-order valence-corrected chi connectivity index (χ4v) is 2.07. The van der Waals surface area contributed by atoms with Crippen LogP contribution in [0.5, 0.6) is 5.75 Å². The Balaban J connectivity index is 2.09. The molecule has 0 aliphatic rings. The van der Waals surface area contributed by atoms with E-state index in [-0.39, 0.29) is 5.78 Å². The highest BCUT2D eigenvalue weighted by Crippen LogP contribution is 2.16. The van der Waals surface area contributed by atoms with Gasteiger partial charge in [-0.15, -0.1) is 0 Å². The van der Waals surface area contributed by atoms with Crippen LogP contribution in [0.2, 0.25) is 0 Å². The van der Waals surface area contributed by atoms with Crippen LogP contribution in [0.15, 0.2) is 54.6 Å². The fraction of sp³-hybridized carbons (Fsp3) is 0.211. The molecule has 0 aromatic heterocycles. The Morgan fingerprint density at radius 1 is 1.14 bits per heavy atom. The SMILES string of the molecule is CCOc1cccc(/C=C/C(=O)c2ccc(N(C)C)cc2)c1. The zero-order valence-electron chi connectivity index (χ0n) is 13.2. The summed E-state index contributed by atoms with van der Waals surface area (Å²) in [7, 11) is 3.95. The van der Waals surface area contributed by atoms with E-state index >= 15 is 0 Å². The molecular weight excluding hydrogens is 274 g/mol. The average molecular weight is 295 g/mol. The number of nitrogens with zero attached hydrogens (tertiary/aromatic N) is 1. The van der Waals surface area contributed by atoms with Gasteiger partial charge in [-0.25, -0.2) is 0 Å². The number of ketones is 1. The topological polar surface area (TPSA) is 29.5 Å². The Morgan fingerprint density at radius 3 is 2.50 bits per heavy atom. The smallest absolute Gasteiger partial charge is 0.185 e. The maximum absolute atomic E-state index is 12.2. The van der Waals surface area contributed by atoms with E-state index in [0.717, 1.165) is 17.0 Å². The number of rotatable bonds is 6. The molecule has 2 aromatic carbocycles.